The molecule has 4 rings (SSSR count). The lowest BCUT2D eigenvalue weighted by molar-refractivity contribution is 0.146. The molecule has 0 atom stereocenters. The number of sulfonamides is 2. The predicted octanol–water partition coefficient (Wildman–Crippen LogP) is 5.11. The minimum atomic E-state index is -4.27. The average Bonchev–Trinajstić information content (AvgIpc) is 3.53. The number of rotatable bonds is 14. The summed E-state index contributed by atoms with van der Waals surface area (Å²) >= 11 is 1.11. The van der Waals surface area contributed by atoms with Crippen molar-refractivity contribution in [2.75, 3.05) is 34.4 Å². The van der Waals surface area contributed by atoms with Gasteiger partial charge in [0.05, 0.1) is 6.61 Å². The van der Waals surface area contributed by atoms with Crippen molar-refractivity contribution in [1.82, 2.24) is 9.21 Å². The van der Waals surface area contributed by atoms with Gasteiger partial charge in [-0.05, 0) is 40.3 Å². The van der Waals surface area contributed by atoms with Crippen LogP contribution in [0.5, 0.6) is 5.75 Å². The Balaban J connectivity index is 1.86. The lowest BCUT2D eigenvalue weighted by Gasteiger charge is -2.24. The summed E-state index contributed by atoms with van der Waals surface area (Å²) < 4.78 is 71.5. The molecular formula is C30H33N3O6S3. The van der Waals surface area contributed by atoms with Crippen molar-refractivity contribution < 1.29 is 26.3 Å². The molecule has 0 saturated carbocycles. The number of benzene rings is 3. The van der Waals surface area contributed by atoms with Crippen molar-refractivity contribution in [2.45, 2.75) is 22.2 Å². The quantitative estimate of drug-likeness (QED) is 0.109. The number of hydrogen-bond acceptors (Lipinski definition) is 7. The van der Waals surface area contributed by atoms with Crippen LogP contribution in [0.3, 0.4) is 0 Å². The second-order valence-electron chi connectivity index (χ2n) is 9.51. The van der Waals surface area contributed by atoms with Gasteiger partial charge in [0.25, 0.3) is 20.0 Å². The Morgan fingerprint density at radius 1 is 0.857 bits per heavy atom. The largest absolute Gasteiger partial charge is 0.491 e. The highest BCUT2D eigenvalue weighted by atomic mass is 32.2. The van der Waals surface area contributed by atoms with Crippen molar-refractivity contribution in [3.8, 4) is 16.9 Å². The highest BCUT2D eigenvalue weighted by Gasteiger charge is 2.30. The van der Waals surface area contributed by atoms with Crippen molar-refractivity contribution >= 4 is 37.7 Å². The van der Waals surface area contributed by atoms with Gasteiger partial charge in [0, 0.05) is 39.9 Å². The molecule has 0 unspecified atom stereocenters. The molecule has 12 heteroatoms. The van der Waals surface area contributed by atoms with Gasteiger partial charge in [-0.15, -0.1) is 15.7 Å². The summed E-state index contributed by atoms with van der Waals surface area (Å²) in [6.45, 7) is 0.579. The van der Waals surface area contributed by atoms with E-state index in [1.807, 2.05) is 30.3 Å². The summed E-state index contributed by atoms with van der Waals surface area (Å²) in [5.41, 5.74) is 2.03. The molecule has 0 aliphatic heterocycles. The Kier molecular flexibility index (Phi) is 10.5. The summed E-state index contributed by atoms with van der Waals surface area (Å²) in [6, 6.07) is 24.5. The van der Waals surface area contributed by atoms with Gasteiger partial charge in [-0.25, -0.2) is 8.42 Å². The molecule has 0 saturated heterocycles. The average molecular weight is 628 g/mol. The van der Waals surface area contributed by atoms with E-state index in [1.54, 1.807) is 81.2 Å². The molecule has 42 heavy (non-hydrogen) atoms. The van der Waals surface area contributed by atoms with Crippen LogP contribution in [0.15, 0.2) is 104 Å². The molecule has 3 aromatic carbocycles. The van der Waals surface area contributed by atoms with Crippen LogP contribution in [0.2, 0.25) is 0 Å². The van der Waals surface area contributed by atoms with E-state index in [4.69, 9.17) is 9.47 Å². The lowest BCUT2D eigenvalue weighted by atomic mass is 10.0. The van der Waals surface area contributed by atoms with Crippen LogP contribution in [0.25, 0.3) is 11.1 Å². The van der Waals surface area contributed by atoms with Gasteiger partial charge in [0.1, 0.15) is 27.8 Å². The maximum absolute atomic E-state index is 13.8. The third kappa shape index (κ3) is 7.84. The monoisotopic (exact) mass is 627 g/mol. The van der Waals surface area contributed by atoms with E-state index in [0.717, 1.165) is 16.9 Å². The first-order valence-corrected chi connectivity index (χ1v) is 16.8. The van der Waals surface area contributed by atoms with Gasteiger partial charge in [-0.3, -0.25) is 0 Å². The molecule has 0 N–H and O–H groups in total. The lowest BCUT2D eigenvalue weighted by Crippen LogP contribution is -2.30. The summed E-state index contributed by atoms with van der Waals surface area (Å²) in [7, 11) is -3.31. The molecule has 0 fully saturated rings. The van der Waals surface area contributed by atoms with Crippen molar-refractivity contribution in [3.63, 3.8) is 0 Å². The molecule has 0 aliphatic rings. The van der Waals surface area contributed by atoms with Crippen molar-refractivity contribution in [2.24, 2.45) is 4.40 Å². The Morgan fingerprint density at radius 3 is 2.31 bits per heavy atom. The number of ether oxygens (including phenoxy) is 2. The maximum atomic E-state index is 13.8. The highest BCUT2D eigenvalue weighted by molar-refractivity contribution is 7.91. The molecule has 0 aliphatic carbocycles. The van der Waals surface area contributed by atoms with Gasteiger partial charge in [0.15, 0.2) is 0 Å². The van der Waals surface area contributed by atoms with E-state index in [1.165, 1.54) is 15.5 Å². The van der Waals surface area contributed by atoms with Crippen LogP contribution in [0.1, 0.15) is 11.1 Å². The first kappa shape index (κ1) is 31.4. The van der Waals surface area contributed by atoms with Gasteiger partial charge < -0.3 is 14.4 Å². The molecule has 222 valence electrons. The van der Waals surface area contributed by atoms with Crippen LogP contribution >= 0.6 is 11.3 Å². The second kappa shape index (κ2) is 14.1. The number of methoxy groups -OCH3 is 1. The third-order valence-corrected chi connectivity index (χ3v) is 10.6. The zero-order valence-electron chi connectivity index (χ0n) is 23.6. The van der Waals surface area contributed by atoms with Gasteiger partial charge in [-0.1, -0.05) is 66.7 Å². The Bertz CT molecular complexity index is 1710. The fraction of sp³-hybridized carbons (Fsp3) is 0.233. The minimum absolute atomic E-state index is 0.0502. The van der Waals surface area contributed by atoms with E-state index in [0.29, 0.717) is 35.7 Å². The van der Waals surface area contributed by atoms with Crippen LogP contribution in [0, 0.1) is 0 Å². The number of thiophene rings is 1. The van der Waals surface area contributed by atoms with Gasteiger partial charge in [0.2, 0.25) is 0 Å². The summed E-state index contributed by atoms with van der Waals surface area (Å²) in [5.74, 6) is 0.543. The van der Waals surface area contributed by atoms with Gasteiger partial charge in [-0.2, -0.15) is 12.7 Å². The first-order chi connectivity index (χ1) is 20.1. The smallest absolute Gasteiger partial charge is 0.284 e. The Hall–Kier alpha value is -3.55. The maximum Gasteiger partial charge on any atom is 0.284 e. The molecule has 0 radical (unpaired) electrons. The number of nitrogens with zero attached hydrogens (tertiary/aromatic N) is 3. The minimum Gasteiger partial charge on any atom is -0.491 e. The van der Waals surface area contributed by atoms with Crippen LogP contribution in [0.4, 0.5) is 0 Å². The Labute approximate surface area is 251 Å². The van der Waals surface area contributed by atoms with Crippen LogP contribution < -0.4 is 4.74 Å². The molecule has 0 bridgehead atoms. The van der Waals surface area contributed by atoms with Crippen molar-refractivity contribution in [1.29, 1.82) is 0 Å². The van der Waals surface area contributed by atoms with Crippen LogP contribution in [-0.4, -0.2) is 66.8 Å². The summed E-state index contributed by atoms with van der Waals surface area (Å²) in [5, 5.41) is 1.70. The fourth-order valence-electron chi connectivity index (χ4n) is 4.19. The molecule has 1 heterocycles. The normalized spacial score (nSPS) is 12.2. The molecule has 9 nitrogen and oxygen atoms in total. The van der Waals surface area contributed by atoms with E-state index in [2.05, 4.69) is 4.40 Å². The van der Waals surface area contributed by atoms with E-state index in [9.17, 15) is 16.8 Å². The first-order valence-electron chi connectivity index (χ1n) is 13.0. The second-order valence-corrected chi connectivity index (χ2v) is 14.2. The molecular weight excluding hydrogens is 595 g/mol. The predicted molar refractivity (Wildman–Crippen MR) is 166 cm³/mol. The SMILES string of the molecule is COCCOc1cccc(-c2cccc(CN(Cc3ccccc3)S(=O)(=O)c3cccs3)c2S(=O)(=O)N=CN(C)C)c1. The molecule has 1 aromatic heterocycles. The fourth-order valence-corrected chi connectivity index (χ4v) is 8.08. The Morgan fingerprint density at radius 2 is 1.62 bits per heavy atom. The van der Waals surface area contributed by atoms with Gasteiger partial charge >= 0.3 is 0 Å². The number of hydrogen-bond donors (Lipinski definition) is 0. The summed E-state index contributed by atoms with van der Waals surface area (Å²) in [6.07, 6.45) is 1.21. The summed E-state index contributed by atoms with van der Waals surface area (Å²) in [4.78, 5) is 1.45. The topological polar surface area (TPSA) is 106 Å². The molecule has 4 aromatic rings. The van der Waals surface area contributed by atoms with E-state index < -0.39 is 20.0 Å². The molecule has 0 spiro atoms. The molecule has 0 amide bonds. The van der Waals surface area contributed by atoms with Crippen molar-refractivity contribution in [3.05, 3.63) is 101 Å². The third-order valence-electron chi connectivity index (χ3n) is 6.11. The zero-order valence-corrected chi connectivity index (χ0v) is 26.0. The highest BCUT2D eigenvalue weighted by Crippen LogP contribution is 2.35. The standard InChI is InChI=1S/C30H33N3O6S3/c1-32(2)23-31-41(34,35)30-26(13-8-15-28(30)25-12-7-14-27(20-25)39-18-17-38-3)22-33(21-24-10-5-4-6-11-24)42(36,37)29-16-9-19-40-29/h4-16,19-20,23H,17-18,21-22H2,1-3H3. The van der Waals surface area contributed by atoms with E-state index >= 15 is 0 Å². The van der Waals surface area contributed by atoms with Crippen LogP contribution in [-0.2, 0) is 37.9 Å². The van der Waals surface area contributed by atoms with E-state index in [-0.39, 0.29) is 22.2 Å². The zero-order chi connectivity index (χ0) is 30.2.